The number of hydrogen-bond acceptors (Lipinski definition) is 2. The number of nitrogens with two attached hydrogens (primary N) is 1. The van der Waals surface area contributed by atoms with E-state index in [-0.39, 0.29) is 12.0 Å². The molecule has 0 aliphatic carbocycles. The predicted molar refractivity (Wildman–Crippen MR) is 56.7 cm³/mol. The zero-order chi connectivity index (χ0) is 10.1. The van der Waals surface area contributed by atoms with Crippen LogP contribution in [0.15, 0.2) is 30.3 Å². The number of benzene rings is 1. The van der Waals surface area contributed by atoms with Gasteiger partial charge in [0, 0.05) is 5.92 Å². The summed E-state index contributed by atoms with van der Waals surface area (Å²) in [6.45, 7) is 2.05. The van der Waals surface area contributed by atoms with E-state index in [2.05, 4.69) is 12.1 Å². The number of rotatable bonds is 1. The summed E-state index contributed by atoms with van der Waals surface area (Å²) < 4.78 is 0. The summed E-state index contributed by atoms with van der Waals surface area (Å²) in [4.78, 5) is 0. The SMILES string of the molecule is C[C@H]1C[C@@H](c2ccccc2)N(N)C1=N. The van der Waals surface area contributed by atoms with Crippen LogP contribution in [0.3, 0.4) is 0 Å². The Bertz CT molecular complexity index is 334. The van der Waals surface area contributed by atoms with E-state index >= 15 is 0 Å². The third kappa shape index (κ3) is 1.40. The molecule has 1 aliphatic rings. The summed E-state index contributed by atoms with van der Waals surface area (Å²) in [7, 11) is 0. The maximum absolute atomic E-state index is 7.74. The van der Waals surface area contributed by atoms with Gasteiger partial charge in [-0.2, -0.15) is 0 Å². The molecule has 1 aromatic rings. The van der Waals surface area contributed by atoms with Gasteiger partial charge in [0.2, 0.25) is 0 Å². The van der Waals surface area contributed by atoms with Gasteiger partial charge in [-0.1, -0.05) is 37.3 Å². The molecule has 1 heterocycles. The van der Waals surface area contributed by atoms with Crippen molar-refractivity contribution in [2.24, 2.45) is 11.8 Å². The zero-order valence-electron chi connectivity index (χ0n) is 8.27. The second-order valence-corrected chi connectivity index (χ2v) is 3.86. The fraction of sp³-hybridized carbons (Fsp3) is 0.364. The van der Waals surface area contributed by atoms with E-state index in [0.29, 0.717) is 5.84 Å². The largest absolute Gasteiger partial charge is 0.291 e. The highest BCUT2D eigenvalue weighted by atomic mass is 15.5. The minimum atomic E-state index is 0.179. The molecule has 0 bridgehead atoms. The van der Waals surface area contributed by atoms with Gasteiger partial charge in [0.05, 0.1) is 6.04 Å². The van der Waals surface area contributed by atoms with Crippen molar-refractivity contribution in [3.8, 4) is 0 Å². The van der Waals surface area contributed by atoms with Crippen molar-refractivity contribution >= 4 is 5.84 Å². The molecular weight excluding hydrogens is 174 g/mol. The number of hydrogen-bond donors (Lipinski definition) is 2. The van der Waals surface area contributed by atoms with Crippen molar-refractivity contribution in [3.63, 3.8) is 0 Å². The molecule has 1 saturated heterocycles. The first-order valence-corrected chi connectivity index (χ1v) is 4.87. The summed E-state index contributed by atoms with van der Waals surface area (Å²) >= 11 is 0. The highest BCUT2D eigenvalue weighted by Crippen LogP contribution is 2.33. The van der Waals surface area contributed by atoms with Crippen molar-refractivity contribution in [2.45, 2.75) is 19.4 Å². The molecule has 14 heavy (non-hydrogen) atoms. The summed E-state index contributed by atoms with van der Waals surface area (Å²) in [6, 6.07) is 10.3. The van der Waals surface area contributed by atoms with Gasteiger partial charge in [0.15, 0.2) is 0 Å². The number of hydrazine groups is 1. The molecule has 3 nitrogen and oxygen atoms in total. The third-order valence-electron chi connectivity index (χ3n) is 2.84. The Morgan fingerprint density at radius 2 is 2.00 bits per heavy atom. The standard InChI is InChI=1S/C11H15N3/c1-8-7-10(14(13)11(8)12)9-5-3-2-4-6-9/h2-6,8,10,12H,7,13H2,1H3/t8-,10-/m0/s1. The van der Waals surface area contributed by atoms with Crippen LogP contribution in [0.25, 0.3) is 0 Å². The molecule has 2 atom stereocenters. The van der Waals surface area contributed by atoms with Crippen LogP contribution in [0.2, 0.25) is 0 Å². The van der Waals surface area contributed by atoms with Crippen LogP contribution in [0.1, 0.15) is 24.9 Å². The molecule has 0 saturated carbocycles. The highest BCUT2D eigenvalue weighted by Gasteiger charge is 2.32. The van der Waals surface area contributed by atoms with Gasteiger partial charge < -0.3 is 0 Å². The first kappa shape index (κ1) is 9.21. The summed E-state index contributed by atoms with van der Waals surface area (Å²) in [5, 5.41) is 9.32. The van der Waals surface area contributed by atoms with E-state index in [4.69, 9.17) is 11.3 Å². The average Bonchev–Trinajstić information content (AvgIpc) is 2.47. The van der Waals surface area contributed by atoms with Crippen LogP contribution in [-0.2, 0) is 0 Å². The second-order valence-electron chi connectivity index (χ2n) is 3.86. The Hall–Kier alpha value is -1.35. The summed E-state index contributed by atoms with van der Waals surface area (Å²) in [6.07, 6.45) is 0.944. The number of amidine groups is 1. The lowest BCUT2D eigenvalue weighted by atomic mass is 10.0. The van der Waals surface area contributed by atoms with Gasteiger partial charge in [-0.3, -0.25) is 10.4 Å². The maximum atomic E-state index is 7.74. The Labute approximate surface area is 84.0 Å². The molecule has 0 spiro atoms. The molecule has 0 aromatic heterocycles. The van der Waals surface area contributed by atoms with E-state index in [9.17, 15) is 0 Å². The van der Waals surface area contributed by atoms with Crippen LogP contribution >= 0.6 is 0 Å². The molecule has 1 fully saturated rings. The minimum absolute atomic E-state index is 0.179. The van der Waals surface area contributed by atoms with Crippen LogP contribution in [-0.4, -0.2) is 10.8 Å². The molecule has 3 heteroatoms. The molecule has 1 aliphatic heterocycles. The van der Waals surface area contributed by atoms with Crippen molar-refractivity contribution in [1.82, 2.24) is 5.01 Å². The molecule has 0 amide bonds. The Morgan fingerprint density at radius 1 is 1.36 bits per heavy atom. The maximum Gasteiger partial charge on any atom is 0.114 e. The fourth-order valence-corrected chi connectivity index (χ4v) is 1.95. The van der Waals surface area contributed by atoms with E-state index in [1.54, 1.807) is 5.01 Å². The molecule has 0 unspecified atom stereocenters. The first-order chi connectivity index (χ1) is 6.70. The third-order valence-corrected chi connectivity index (χ3v) is 2.84. The van der Waals surface area contributed by atoms with Gasteiger partial charge in [0.25, 0.3) is 0 Å². The average molecular weight is 189 g/mol. The molecule has 2 rings (SSSR count). The van der Waals surface area contributed by atoms with Gasteiger partial charge in [-0.05, 0) is 12.0 Å². The van der Waals surface area contributed by atoms with Gasteiger partial charge in [-0.15, -0.1) is 0 Å². The molecule has 74 valence electrons. The van der Waals surface area contributed by atoms with Crippen LogP contribution in [0.4, 0.5) is 0 Å². The van der Waals surface area contributed by atoms with E-state index in [0.717, 1.165) is 6.42 Å². The lowest BCUT2D eigenvalue weighted by Gasteiger charge is -2.20. The number of nitrogens with zero attached hydrogens (tertiary/aromatic N) is 1. The van der Waals surface area contributed by atoms with Gasteiger partial charge >= 0.3 is 0 Å². The van der Waals surface area contributed by atoms with Crippen molar-refractivity contribution < 1.29 is 0 Å². The predicted octanol–water partition coefficient (Wildman–Crippen LogP) is 1.92. The van der Waals surface area contributed by atoms with Crippen molar-refractivity contribution in [2.75, 3.05) is 0 Å². The lowest BCUT2D eigenvalue weighted by Crippen LogP contribution is -2.35. The molecule has 1 aromatic carbocycles. The Balaban J connectivity index is 2.26. The quantitative estimate of drug-likeness (QED) is 0.663. The first-order valence-electron chi connectivity index (χ1n) is 4.87. The second kappa shape index (κ2) is 3.42. The van der Waals surface area contributed by atoms with Gasteiger partial charge in [0.1, 0.15) is 5.84 Å². The molecule has 3 N–H and O–H groups in total. The minimum Gasteiger partial charge on any atom is -0.291 e. The molecular formula is C11H15N3. The Morgan fingerprint density at radius 3 is 2.50 bits per heavy atom. The smallest absolute Gasteiger partial charge is 0.114 e. The van der Waals surface area contributed by atoms with Crippen LogP contribution < -0.4 is 5.84 Å². The zero-order valence-corrected chi connectivity index (χ0v) is 8.27. The van der Waals surface area contributed by atoms with Crippen LogP contribution in [0, 0.1) is 11.3 Å². The normalized spacial score (nSPS) is 27.0. The monoisotopic (exact) mass is 189 g/mol. The summed E-state index contributed by atoms with van der Waals surface area (Å²) in [5.74, 6) is 6.66. The molecule has 0 radical (unpaired) electrons. The fourth-order valence-electron chi connectivity index (χ4n) is 1.95. The van der Waals surface area contributed by atoms with E-state index < -0.39 is 0 Å². The van der Waals surface area contributed by atoms with Gasteiger partial charge in [-0.25, -0.2) is 5.84 Å². The van der Waals surface area contributed by atoms with Crippen molar-refractivity contribution in [1.29, 1.82) is 5.41 Å². The van der Waals surface area contributed by atoms with Crippen molar-refractivity contribution in [3.05, 3.63) is 35.9 Å². The summed E-state index contributed by atoms with van der Waals surface area (Å²) in [5.41, 5.74) is 1.20. The number of nitrogens with one attached hydrogen (secondary N) is 1. The van der Waals surface area contributed by atoms with Crippen LogP contribution in [0.5, 0.6) is 0 Å². The Kier molecular flexibility index (Phi) is 2.25. The van der Waals surface area contributed by atoms with E-state index in [1.807, 2.05) is 25.1 Å². The lowest BCUT2D eigenvalue weighted by molar-refractivity contribution is 0.352. The highest BCUT2D eigenvalue weighted by molar-refractivity contribution is 5.83. The van der Waals surface area contributed by atoms with E-state index in [1.165, 1.54) is 5.56 Å². The topological polar surface area (TPSA) is 53.1 Å².